The molecule has 0 aliphatic rings. The van der Waals surface area contributed by atoms with Crippen molar-refractivity contribution in [1.82, 2.24) is 4.98 Å². The molecule has 0 unspecified atom stereocenters. The topological polar surface area (TPSA) is 12.9 Å². The van der Waals surface area contributed by atoms with Crippen LogP contribution in [-0.2, 0) is 6.42 Å². The molecule has 1 aromatic carbocycles. The fourth-order valence-electron chi connectivity index (χ4n) is 1.36. The Morgan fingerprint density at radius 1 is 1.23 bits per heavy atom. The first-order chi connectivity index (χ1) is 6.31. The molecule has 0 radical (unpaired) electrons. The smallest absolute Gasteiger partial charge is 0.0720 e. The van der Waals surface area contributed by atoms with Gasteiger partial charge in [-0.05, 0) is 30.7 Å². The second-order valence-electron chi connectivity index (χ2n) is 2.96. The molecule has 0 aliphatic heterocycles. The van der Waals surface area contributed by atoms with Gasteiger partial charge in [0.1, 0.15) is 0 Å². The Labute approximate surface area is 82.4 Å². The van der Waals surface area contributed by atoms with Crippen LogP contribution in [0.25, 0.3) is 10.9 Å². The van der Waals surface area contributed by atoms with Crippen LogP contribution >= 0.6 is 11.6 Å². The van der Waals surface area contributed by atoms with E-state index in [0.717, 1.165) is 28.0 Å². The van der Waals surface area contributed by atoms with Crippen molar-refractivity contribution in [3.8, 4) is 0 Å². The van der Waals surface area contributed by atoms with Gasteiger partial charge >= 0.3 is 0 Å². The molecule has 0 N–H and O–H groups in total. The molecule has 0 saturated heterocycles. The van der Waals surface area contributed by atoms with E-state index >= 15 is 0 Å². The zero-order valence-electron chi connectivity index (χ0n) is 7.42. The molecular formula is C11H10ClN. The highest BCUT2D eigenvalue weighted by Crippen LogP contribution is 2.21. The lowest BCUT2D eigenvalue weighted by Crippen LogP contribution is -1.87. The van der Waals surface area contributed by atoms with Crippen LogP contribution in [-0.4, -0.2) is 4.98 Å². The number of halogens is 1. The van der Waals surface area contributed by atoms with Crippen molar-refractivity contribution in [3.63, 3.8) is 0 Å². The molecule has 2 rings (SSSR count). The third kappa shape index (κ3) is 1.52. The van der Waals surface area contributed by atoms with Crippen molar-refractivity contribution in [1.29, 1.82) is 0 Å². The number of hydrogen-bond acceptors (Lipinski definition) is 1. The van der Waals surface area contributed by atoms with Gasteiger partial charge < -0.3 is 0 Å². The standard InChI is InChI=1S/C11H10ClN/c1-2-8-6-7-9-10(12)4-3-5-11(9)13-8/h3-7H,2H2,1H3. The lowest BCUT2D eigenvalue weighted by atomic mass is 10.2. The number of fused-ring (bicyclic) bond motifs is 1. The normalized spacial score (nSPS) is 10.6. The molecule has 1 nitrogen and oxygen atoms in total. The van der Waals surface area contributed by atoms with E-state index in [1.54, 1.807) is 0 Å². The van der Waals surface area contributed by atoms with Crippen molar-refractivity contribution in [2.45, 2.75) is 13.3 Å². The van der Waals surface area contributed by atoms with Crippen molar-refractivity contribution in [2.24, 2.45) is 0 Å². The third-order valence-corrected chi connectivity index (χ3v) is 2.43. The maximum absolute atomic E-state index is 6.01. The molecule has 0 spiro atoms. The SMILES string of the molecule is CCc1ccc2c(Cl)cccc2n1. The van der Waals surface area contributed by atoms with Crippen LogP contribution in [0, 0.1) is 0 Å². The van der Waals surface area contributed by atoms with Crippen LogP contribution in [0.5, 0.6) is 0 Å². The summed E-state index contributed by atoms with van der Waals surface area (Å²) in [5.41, 5.74) is 2.08. The lowest BCUT2D eigenvalue weighted by Gasteiger charge is -2.01. The molecular weight excluding hydrogens is 182 g/mol. The second kappa shape index (κ2) is 3.35. The van der Waals surface area contributed by atoms with E-state index in [1.165, 1.54) is 0 Å². The first-order valence-corrected chi connectivity index (χ1v) is 4.73. The van der Waals surface area contributed by atoms with Crippen molar-refractivity contribution in [2.75, 3.05) is 0 Å². The summed E-state index contributed by atoms with van der Waals surface area (Å²) in [5.74, 6) is 0. The maximum atomic E-state index is 6.01. The zero-order valence-corrected chi connectivity index (χ0v) is 8.17. The largest absolute Gasteiger partial charge is 0.253 e. The van der Waals surface area contributed by atoms with E-state index in [1.807, 2.05) is 30.3 Å². The Bertz CT molecular complexity index is 437. The molecule has 0 atom stereocenters. The first kappa shape index (κ1) is 8.52. The highest BCUT2D eigenvalue weighted by Gasteiger charge is 1.99. The van der Waals surface area contributed by atoms with Gasteiger partial charge in [0, 0.05) is 16.1 Å². The van der Waals surface area contributed by atoms with Crippen LogP contribution in [0.3, 0.4) is 0 Å². The third-order valence-electron chi connectivity index (χ3n) is 2.10. The minimum Gasteiger partial charge on any atom is -0.253 e. The fraction of sp³-hybridized carbons (Fsp3) is 0.182. The van der Waals surface area contributed by atoms with Gasteiger partial charge in [-0.2, -0.15) is 0 Å². The van der Waals surface area contributed by atoms with Gasteiger partial charge in [-0.1, -0.05) is 24.6 Å². The highest BCUT2D eigenvalue weighted by atomic mass is 35.5. The summed E-state index contributed by atoms with van der Waals surface area (Å²) in [6.45, 7) is 2.10. The quantitative estimate of drug-likeness (QED) is 0.673. The van der Waals surface area contributed by atoms with Gasteiger partial charge in [0.2, 0.25) is 0 Å². The van der Waals surface area contributed by atoms with Gasteiger partial charge in [-0.3, -0.25) is 4.98 Å². The molecule has 0 fully saturated rings. The van der Waals surface area contributed by atoms with E-state index in [2.05, 4.69) is 11.9 Å². The summed E-state index contributed by atoms with van der Waals surface area (Å²) >= 11 is 6.01. The van der Waals surface area contributed by atoms with Crippen LogP contribution in [0.4, 0.5) is 0 Å². The van der Waals surface area contributed by atoms with Gasteiger partial charge in [-0.25, -0.2) is 0 Å². The molecule has 1 aromatic heterocycles. The number of hydrogen-bond donors (Lipinski definition) is 0. The van der Waals surface area contributed by atoms with Gasteiger partial charge in [0.15, 0.2) is 0 Å². The Balaban J connectivity index is 2.72. The van der Waals surface area contributed by atoms with E-state index in [-0.39, 0.29) is 0 Å². The average Bonchev–Trinajstić information content (AvgIpc) is 2.18. The van der Waals surface area contributed by atoms with Crippen LogP contribution in [0.2, 0.25) is 5.02 Å². The predicted molar refractivity (Wildman–Crippen MR) is 56.1 cm³/mol. The van der Waals surface area contributed by atoms with Crippen molar-refractivity contribution in [3.05, 3.63) is 41.0 Å². The Morgan fingerprint density at radius 3 is 2.85 bits per heavy atom. The van der Waals surface area contributed by atoms with Crippen LogP contribution < -0.4 is 0 Å². The van der Waals surface area contributed by atoms with Crippen molar-refractivity contribution >= 4 is 22.5 Å². The monoisotopic (exact) mass is 191 g/mol. The maximum Gasteiger partial charge on any atom is 0.0720 e. The summed E-state index contributed by atoms with van der Waals surface area (Å²) in [4.78, 5) is 4.47. The lowest BCUT2D eigenvalue weighted by molar-refractivity contribution is 1.06. The highest BCUT2D eigenvalue weighted by molar-refractivity contribution is 6.35. The molecule has 2 heteroatoms. The summed E-state index contributed by atoms with van der Waals surface area (Å²) in [7, 11) is 0. The minimum absolute atomic E-state index is 0.771. The molecule has 0 amide bonds. The van der Waals surface area contributed by atoms with E-state index in [0.29, 0.717) is 0 Å². The molecule has 0 aliphatic carbocycles. The molecule has 13 heavy (non-hydrogen) atoms. The van der Waals surface area contributed by atoms with E-state index in [4.69, 9.17) is 11.6 Å². The van der Waals surface area contributed by atoms with Gasteiger partial charge in [0.25, 0.3) is 0 Å². The van der Waals surface area contributed by atoms with Crippen molar-refractivity contribution < 1.29 is 0 Å². The number of pyridine rings is 1. The number of rotatable bonds is 1. The molecule has 2 aromatic rings. The first-order valence-electron chi connectivity index (χ1n) is 4.35. The summed E-state index contributed by atoms with van der Waals surface area (Å²) < 4.78 is 0. The number of aromatic nitrogens is 1. The second-order valence-corrected chi connectivity index (χ2v) is 3.37. The summed E-state index contributed by atoms with van der Waals surface area (Å²) in [5, 5.41) is 1.80. The Morgan fingerprint density at radius 2 is 2.08 bits per heavy atom. The molecule has 66 valence electrons. The summed E-state index contributed by atoms with van der Waals surface area (Å²) in [6, 6.07) is 9.85. The van der Waals surface area contributed by atoms with Gasteiger partial charge in [0.05, 0.1) is 5.52 Å². The molecule has 1 heterocycles. The number of benzene rings is 1. The molecule has 0 saturated carbocycles. The Kier molecular flexibility index (Phi) is 2.19. The number of aryl methyl sites for hydroxylation is 1. The van der Waals surface area contributed by atoms with Crippen LogP contribution in [0.1, 0.15) is 12.6 Å². The van der Waals surface area contributed by atoms with Crippen LogP contribution in [0.15, 0.2) is 30.3 Å². The molecule has 0 bridgehead atoms. The minimum atomic E-state index is 0.771. The number of nitrogens with zero attached hydrogens (tertiary/aromatic N) is 1. The summed E-state index contributed by atoms with van der Waals surface area (Å²) in [6.07, 6.45) is 0.961. The fourth-order valence-corrected chi connectivity index (χ4v) is 1.59. The zero-order chi connectivity index (χ0) is 9.26. The average molecular weight is 192 g/mol. The van der Waals surface area contributed by atoms with E-state index < -0.39 is 0 Å². The van der Waals surface area contributed by atoms with Gasteiger partial charge in [-0.15, -0.1) is 0 Å². The predicted octanol–water partition coefficient (Wildman–Crippen LogP) is 3.45. The Hall–Kier alpha value is -1.08. The van der Waals surface area contributed by atoms with E-state index in [9.17, 15) is 0 Å².